The third-order valence-electron chi connectivity index (χ3n) is 10.4. The molecule has 0 aromatic carbocycles. The van der Waals surface area contributed by atoms with Crippen molar-refractivity contribution in [2.45, 2.75) is 206 Å². The molecular weight excluding hydrogens is 768 g/mol. The molecule has 0 aromatic heterocycles. The summed E-state index contributed by atoms with van der Waals surface area (Å²) in [6.07, 6.45) is 56.8. The van der Waals surface area contributed by atoms with Crippen molar-refractivity contribution in [2.24, 2.45) is 0 Å². The zero-order valence-electron chi connectivity index (χ0n) is 39.4. The molecule has 0 spiro atoms. The molecule has 2 N–H and O–H groups in total. The average Bonchev–Trinajstić information content (AvgIpc) is 3.20. The van der Waals surface area contributed by atoms with Crippen molar-refractivity contribution in [2.75, 3.05) is 40.9 Å². The molecule has 0 aromatic rings. The van der Waals surface area contributed by atoms with Crippen molar-refractivity contribution in [3.05, 3.63) is 72.9 Å². The molecule has 0 saturated carbocycles. The number of carbonyl (C=O) groups is 1. The standard InChI is InChI=1S/C51H93N2O6P/c1-6-8-10-12-14-16-18-20-22-24-25-26-27-29-31-33-35-37-39-41-43-45-51(55)52-49(48-59-60(56,57)58-47-46-53(3,4)5)50(54)44-42-40-38-36-34-32-30-28-23-21-19-17-15-13-11-9-7-2/h22,24,26-27,31,33-34,36-37,39,42,44,49-50,54H,6-21,23,25,28-30,32,35,38,40-41,43,45-48H2,1-5H3,(H-,52,55,56,57)/b24-22+,27-26+,33-31+,36-34+,39-37+,44-42+/t49-,50+/m0/s1. The van der Waals surface area contributed by atoms with Crippen molar-refractivity contribution in [1.82, 2.24) is 5.32 Å². The highest BCUT2D eigenvalue weighted by Crippen LogP contribution is 2.38. The number of likely N-dealkylation sites (N-methyl/N-ethyl adjacent to an activating group) is 1. The largest absolute Gasteiger partial charge is 0.756 e. The summed E-state index contributed by atoms with van der Waals surface area (Å²) < 4.78 is 23.2. The number of allylic oxidation sites excluding steroid dienone is 11. The number of hydrogen-bond acceptors (Lipinski definition) is 6. The summed E-state index contributed by atoms with van der Waals surface area (Å²) in [5.41, 5.74) is 0. The Labute approximate surface area is 370 Å². The maximum absolute atomic E-state index is 12.9. The number of aliphatic hydroxyl groups is 1. The van der Waals surface area contributed by atoms with E-state index >= 15 is 0 Å². The number of phosphoric ester groups is 1. The molecule has 0 bridgehead atoms. The zero-order chi connectivity index (χ0) is 44.3. The van der Waals surface area contributed by atoms with Crippen molar-refractivity contribution < 1.29 is 32.9 Å². The highest BCUT2D eigenvalue weighted by atomic mass is 31.2. The highest BCUT2D eigenvalue weighted by molar-refractivity contribution is 7.45. The van der Waals surface area contributed by atoms with Crippen LogP contribution in [0.15, 0.2) is 72.9 Å². The maximum atomic E-state index is 12.9. The van der Waals surface area contributed by atoms with Gasteiger partial charge in [-0.05, 0) is 70.6 Å². The van der Waals surface area contributed by atoms with Crippen molar-refractivity contribution >= 4 is 13.7 Å². The van der Waals surface area contributed by atoms with Gasteiger partial charge in [-0.25, -0.2) is 0 Å². The minimum atomic E-state index is -4.62. The van der Waals surface area contributed by atoms with E-state index in [2.05, 4.69) is 79.9 Å². The fourth-order valence-corrected chi connectivity index (χ4v) is 7.24. The van der Waals surface area contributed by atoms with Gasteiger partial charge in [0.15, 0.2) is 0 Å². The summed E-state index contributed by atoms with van der Waals surface area (Å²) in [5.74, 6) is -0.263. The van der Waals surface area contributed by atoms with Crippen LogP contribution < -0.4 is 10.2 Å². The van der Waals surface area contributed by atoms with Crippen LogP contribution in [0, 0.1) is 0 Å². The van der Waals surface area contributed by atoms with Crippen LogP contribution in [0.1, 0.15) is 194 Å². The number of nitrogens with zero attached hydrogens (tertiary/aromatic N) is 1. The first-order valence-corrected chi connectivity index (χ1v) is 25.8. The van der Waals surface area contributed by atoms with Crippen molar-refractivity contribution in [3.8, 4) is 0 Å². The molecule has 0 aliphatic carbocycles. The molecule has 3 atom stereocenters. The molecule has 0 aliphatic heterocycles. The van der Waals surface area contributed by atoms with Gasteiger partial charge >= 0.3 is 0 Å². The molecule has 0 rings (SSSR count). The molecule has 0 fully saturated rings. The minimum Gasteiger partial charge on any atom is -0.756 e. The number of amides is 1. The molecule has 9 heteroatoms. The summed E-state index contributed by atoms with van der Waals surface area (Å²) in [6.45, 7) is 4.57. The molecular formula is C51H93N2O6P. The van der Waals surface area contributed by atoms with Crippen molar-refractivity contribution in [3.63, 3.8) is 0 Å². The van der Waals surface area contributed by atoms with Gasteiger partial charge in [0.25, 0.3) is 7.82 Å². The molecule has 60 heavy (non-hydrogen) atoms. The summed E-state index contributed by atoms with van der Waals surface area (Å²) in [5, 5.41) is 13.7. The van der Waals surface area contributed by atoms with E-state index in [1.54, 1.807) is 6.08 Å². The van der Waals surface area contributed by atoms with Crippen LogP contribution in [0.25, 0.3) is 0 Å². The number of nitrogens with one attached hydrogen (secondary N) is 1. The molecule has 1 unspecified atom stereocenters. The molecule has 8 nitrogen and oxygen atoms in total. The van der Waals surface area contributed by atoms with Crippen LogP contribution in [-0.4, -0.2) is 68.5 Å². The Morgan fingerprint density at radius 3 is 1.47 bits per heavy atom. The van der Waals surface area contributed by atoms with Gasteiger partial charge in [-0.15, -0.1) is 0 Å². The highest BCUT2D eigenvalue weighted by Gasteiger charge is 2.23. The Morgan fingerprint density at radius 2 is 0.983 bits per heavy atom. The molecule has 0 heterocycles. The van der Waals surface area contributed by atoms with E-state index < -0.39 is 26.6 Å². The second kappa shape index (κ2) is 42.3. The van der Waals surface area contributed by atoms with E-state index in [0.29, 0.717) is 17.4 Å². The lowest BCUT2D eigenvalue weighted by molar-refractivity contribution is -0.870. The van der Waals surface area contributed by atoms with Crippen LogP contribution in [0.4, 0.5) is 0 Å². The maximum Gasteiger partial charge on any atom is 0.268 e. The first-order valence-electron chi connectivity index (χ1n) is 24.3. The molecule has 0 aliphatic rings. The Morgan fingerprint density at radius 1 is 0.583 bits per heavy atom. The van der Waals surface area contributed by atoms with Crippen LogP contribution >= 0.6 is 7.82 Å². The quantitative estimate of drug-likeness (QED) is 0.0274. The van der Waals surface area contributed by atoms with Crippen molar-refractivity contribution in [1.29, 1.82) is 0 Å². The SMILES string of the molecule is CCCCCCCCC/C=C/C/C=C/C/C=C/C/C=C/CCCC(=O)N[C@@H](COP(=O)([O-])OCC[N+](C)(C)C)[C@H](O)/C=C/CC/C=C/CCCCCCCCCCCCC. The minimum absolute atomic E-state index is 0.0197. The van der Waals surface area contributed by atoms with Gasteiger partial charge in [0.05, 0.1) is 39.9 Å². The number of hydrogen-bond donors (Lipinski definition) is 2. The fraction of sp³-hybridized carbons (Fsp3) is 0.745. The van der Waals surface area contributed by atoms with Gasteiger partial charge in [0.1, 0.15) is 13.2 Å². The topological polar surface area (TPSA) is 108 Å². The van der Waals surface area contributed by atoms with E-state index in [9.17, 15) is 19.4 Å². The third-order valence-corrected chi connectivity index (χ3v) is 11.4. The van der Waals surface area contributed by atoms with Gasteiger partial charge < -0.3 is 28.8 Å². The predicted octanol–water partition coefficient (Wildman–Crippen LogP) is 13.3. The van der Waals surface area contributed by atoms with Crippen LogP contribution in [0.3, 0.4) is 0 Å². The average molecular weight is 861 g/mol. The van der Waals surface area contributed by atoms with E-state index in [1.165, 1.54) is 122 Å². The first-order chi connectivity index (χ1) is 29.0. The first kappa shape index (κ1) is 57.9. The van der Waals surface area contributed by atoms with E-state index in [0.717, 1.165) is 44.9 Å². The van der Waals surface area contributed by atoms with Crippen LogP contribution in [-0.2, 0) is 18.4 Å². The second-order valence-electron chi connectivity index (χ2n) is 17.5. The number of phosphoric acid groups is 1. The number of unbranched alkanes of at least 4 members (excludes halogenated alkanes) is 20. The molecule has 1 amide bonds. The Balaban J connectivity index is 4.53. The molecule has 0 saturated heterocycles. The van der Waals surface area contributed by atoms with Gasteiger partial charge in [0.2, 0.25) is 5.91 Å². The third kappa shape index (κ3) is 44.0. The Kier molecular flexibility index (Phi) is 40.8. The second-order valence-corrected chi connectivity index (χ2v) is 18.9. The predicted molar refractivity (Wildman–Crippen MR) is 256 cm³/mol. The normalized spacial score (nSPS) is 14.8. The van der Waals surface area contributed by atoms with Gasteiger partial charge in [-0.2, -0.15) is 0 Å². The lowest BCUT2D eigenvalue weighted by Gasteiger charge is -2.29. The lowest BCUT2D eigenvalue weighted by atomic mass is 10.1. The summed E-state index contributed by atoms with van der Waals surface area (Å²) in [4.78, 5) is 25.3. The summed E-state index contributed by atoms with van der Waals surface area (Å²) in [7, 11) is 1.20. The van der Waals surface area contributed by atoms with E-state index in [1.807, 2.05) is 27.2 Å². The summed E-state index contributed by atoms with van der Waals surface area (Å²) in [6, 6.07) is -0.935. The van der Waals surface area contributed by atoms with Crippen LogP contribution in [0.5, 0.6) is 0 Å². The number of rotatable bonds is 43. The zero-order valence-corrected chi connectivity index (χ0v) is 40.3. The van der Waals surface area contributed by atoms with E-state index in [-0.39, 0.29) is 18.9 Å². The monoisotopic (exact) mass is 861 g/mol. The smallest absolute Gasteiger partial charge is 0.268 e. The van der Waals surface area contributed by atoms with Gasteiger partial charge in [-0.3, -0.25) is 9.36 Å². The van der Waals surface area contributed by atoms with Gasteiger partial charge in [0, 0.05) is 6.42 Å². The summed E-state index contributed by atoms with van der Waals surface area (Å²) >= 11 is 0. The van der Waals surface area contributed by atoms with Gasteiger partial charge in [-0.1, -0.05) is 189 Å². The number of aliphatic hydroxyl groups excluding tert-OH is 1. The number of quaternary nitrogens is 1. The Bertz CT molecular complexity index is 1200. The molecule has 0 radical (unpaired) electrons. The van der Waals surface area contributed by atoms with Crippen LogP contribution in [0.2, 0.25) is 0 Å². The van der Waals surface area contributed by atoms with E-state index in [4.69, 9.17) is 9.05 Å². The lowest BCUT2D eigenvalue weighted by Crippen LogP contribution is -2.45. The number of carbonyl (C=O) groups excluding carboxylic acids is 1. The fourth-order valence-electron chi connectivity index (χ4n) is 6.51. The molecule has 348 valence electrons. The Hall–Kier alpha value is -2.06.